The normalized spacial score (nSPS) is 21.3. The topological polar surface area (TPSA) is 61.4 Å². The third-order valence-electron chi connectivity index (χ3n) is 5.57. The van der Waals surface area contributed by atoms with E-state index in [0.717, 1.165) is 31.7 Å². The first-order valence-corrected chi connectivity index (χ1v) is 12.3. The standard InChI is InChI=1S/C16H30N2O2S.C9H21N/c1-6-18-7-12(9-19)13(8-18)14(20)17-11-15(2,3)10-16(4,5)21;1-8(7-10-5)6-9(2,3)4/h9,12-13,21H,6-8,10-11H2,1-5H3,(H,17,20);8,10H,6-7H2,1-5H3. The molecule has 184 valence electrons. The lowest BCUT2D eigenvalue weighted by Gasteiger charge is -2.32. The summed E-state index contributed by atoms with van der Waals surface area (Å²) in [7, 11) is 2.01. The molecule has 0 saturated carbocycles. The molecule has 3 unspecified atom stereocenters. The van der Waals surface area contributed by atoms with Crippen molar-refractivity contribution in [1.29, 1.82) is 0 Å². The third-order valence-corrected chi connectivity index (χ3v) is 5.72. The summed E-state index contributed by atoms with van der Waals surface area (Å²) >= 11 is 4.57. The van der Waals surface area contributed by atoms with Crippen molar-refractivity contribution in [2.45, 2.75) is 79.9 Å². The van der Waals surface area contributed by atoms with Gasteiger partial charge < -0.3 is 20.3 Å². The molecule has 0 aromatic heterocycles. The van der Waals surface area contributed by atoms with Crippen LogP contribution in [0, 0.1) is 28.6 Å². The summed E-state index contributed by atoms with van der Waals surface area (Å²) in [6, 6.07) is 0. The minimum absolute atomic E-state index is 0.00750. The minimum Gasteiger partial charge on any atom is -0.355 e. The molecule has 0 aromatic rings. The molecule has 0 aromatic carbocycles. The number of carbonyl (C=O) groups excluding carboxylic acids is 2. The van der Waals surface area contributed by atoms with Gasteiger partial charge in [0.05, 0.1) is 5.92 Å². The number of thiol groups is 1. The van der Waals surface area contributed by atoms with E-state index in [4.69, 9.17) is 0 Å². The van der Waals surface area contributed by atoms with Gasteiger partial charge in [0.25, 0.3) is 0 Å². The Morgan fingerprint density at radius 2 is 1.74 bits per heavy atom. The third kappa shape index (κ3) is 14.2. The average Bonchev–Trinajstić information content (AvgIpc) is 3.00. The van der Waals surface area contributed by atoms with E-state index in [9.17, 15) is 9.59 Å². The maximum absolute atomic E-state index is 12.4. The zero-order chi connectivity index (χ0) is 24.5. The maximum Gasteiger partial charge on any atom is 0.225 e. The lowest BCUT2D eigenvalue weighted by molar-refractivity contribution is -0.128. The van der Waals surface area contributed by atoms with Crippen LogP contribution < -0.4 is 10.6 Å². The van der Waals surface area contributed by atoms with Gasteiger partial charge in [-0.1, -0.05) is 62.3 Å². The summed E-state index contributed by atoms with van der Waals surface area (Å²) in [5, 5.41) is 6.23. The summed E-state index contributed by atoms with van der Waals surface area (Å²) in [5.41, 5.74) is 0.469. The summed E-state index contributed by atoms with van der Waals surface area (Å²) in [6.07, 6.45) is 3.14. The minimum atomic E-state index is -0.206. The van der Waals surface area contributed by atoms with Crippen molar-refractivity contribution in [3.8, 4) is 0 Å². The van der Waals surface area contributed by atoms with E-state index < -0.39 is 0 Å². The Balaban J connectivity index is 0.000000759. The van der Waals surface area contributed by atoms with Crippen molar-refractivity contribution < 1.29 is 9.59 Å². The van der Waals surface area contributed by atoms with Crippen LogP contribution in [0.5, 0.6) is 0 Å². The van der Waals surface area contributed by atoms with Gasteiger partial charge in [-0.2, -0.15) is 12.6 Å². The summed E-state index contributed by atoms with van der Waals surface area (Å²) in [6.45, 7) is 23.7. The van der Waals surface area contributed by atoms with Crippen LogP contribution in [0.4, 0.5) is 0 Å². The van der Waals surface area contributed by atoms with E-state index in [1.807, 2.05) is 7.05 Å². The molecular weight excluding hydrogens is 406 g/mol. The first-order chi connectivity index (χ1) is 14.0. The first kappa shape index (κ1) is 30.4. The zero-order valence-electron chi connectivity index (χ0n) is 22.0. The van der Waals surface area contributed by atoms with Crippen molar-refractivity contribution in [3.63, 3.8) is 0 Å². The molecule has 1 rings (SSSR count). The molecule has 2 N–H and O–H groups in total. The van der Waals surface area contributed by atoms with E-state index in [1.165, 1.54) is 6.42 Å². The Hall–Kier alpha value is -0.590. The molecule has 5 nitrogen and oxygen atoms in total. The fourth-order valence-corrected chi connectivity index (χ4v) is 5.17. The van der Waals surface area contributed by atoms with Crippen molar-refractivity contribution in [1.82, 2.24) is 15.5 Å². The van der Waals surface area contributed by atoms with Crippen molar-refractivity contribution in [2.24, 2.45) is 28.6 Å². The van der Waals surface area contributed by atoms with Gasteiger partial charge in [-0.15, -0.1) is 0 Å². The second-order valence-electron chi connectivity index (χ2n) is 12.1. The predicted octanol–water partition coefficient (Wildman–Crippen LogP) is 4.27. The predicted molar refractivity (Wildman–Crippen MR) is 137 cm³/mol. The van der Waals surface area contributed by atoms with Crippen LogP contribution in [0.3, 0.4) is 0 Å². The number of hydrogen-bond donors (Lipinski definition) is 3. The van der Waals surface area contributed by atoms with Crippen LogP contribution in [0.1, 0.15) is 75.2 Å². The van der Waals surface area contributed by atoms with Gasteiger partial charge in [-0.3, -0.25) is 4.79 Å². The van der Waals surface area contributed by atoms with Crippen molar-refractivity contribution in [2.75, 3.05) is 39.8 Å². The summed E-state index contributed by atoms with van der Waals surface area (Å²) in [5.74, 6) is 0.426. The van der Waals surface area contributed by atoms with Gasteiger partial charge >= 0.3 is 0 Å². The fourth-order valence-electron chi connectivity index (χ4n) is 4.74. The number of carbonyl (C=O) groups is 2. The van der Waals surface area contributed by atoms with E-state index in [2.05, 4.69) is 90.5 Å². The highest BCUT2D eigenvalue weighted by molar-refractivity contribution is 7.81. The highest BCUT2D eigenvalue weighted by Gasteiger charge is 2.37. The SMILES string of the molecule is CCN1CC(C=O)C(C(=O)NCC(C)(C)CC(C)(C)S)C1.CNCC(C)CC(C)(C)C. The second kappa shape index (κ2) is 13.2. The molecule has 1 aliphatic heterocycles. The Labute approximate surface area is 198 Å². The molecule has 31 heavy (non-hydrogen) atoms. The molecule has 1 aliphatic rings. The molecular formula is C25H51N3O2S. The molecule has 1 amide bonds. The van der Waals surface area contributed by atoms with Crippen LogP contribution in [0.15, 0.2) is 0 Å². The molecule has 1 fully saturated rings. The average molecular weight is 458 g/mol. The molecule has 6 heteroatoms. The largest absolute Gasteiger partial charge is 0.355 e. The maximum atomic E-state index is 12.4. The zero-order valence-corrected chi connectivity index (χ0v) is 22.9. The Morgan fingerprint density at radius 3 is 2.16 bits per heavy atom. The lowest BCUT2D eigenvalue weighted by Crippen LogP contribution is -2.42. The van der Waals surface area contributed by atoms with Crippen molar-refractivity contribution in [3.05, 3.63) is 0 Å². The van der Waals surface area contributed by atoms with Crippen LogP contribution in [0.2, 0.25) is 0 Å². The number of rotatable bonds is 10. The fraction of sp³-hybridized carbons (Fsp3) is 0.920. The summed E-state index contributed by atoms with van der Waals surface area (Å²) < 4.78 is -0.0636. The lowest BCUT2D eigenvalue weighted by atomic mass is 9.83. The first-order valence-electron chi connectivity index (χ1n) is 11.9. The molecule has 0 aliphatic carbocycles. The molecule has 0 radical (unpaired) electrons. The molecule has 0 bridgehead atoms. The number of nitrogens with zero attached hydrogens (tertiary/aromatic N) is 1. The van der Waals surface area contributed by atoms with Gasteiger partial charge in [0.15, 0.2) is 0 Å². The number of hydrogen-bond acceptors (Lipinski definition) is 5. The van der Waals surface area contributed by atoms with Crippen LogP contribution in [0.25, 0.3) is 0 Å². The Morgan fingerprint density at radius 1 is 1.16 bits per heavy atom. The van der Waals surface area contributed by atoms with E-state index in [1.54, 1.807) is 0 Å². The Kier molecular flexibility index (Phi) is 12.9. The number of aldehydes is 1. The highest BCUT2D eigenvalue weighted by atomic mass is 32.1. The summed E-state index contributed by atoms with van der Waals surface area (Å²) in [4.78, 5) is 25.7. The van der Waals surface area contributed by atoms with E-state index >= 15 is 0 Å². The highest BCUT2D eigenvalue weighted by Crippen LogP contribution is 2.31. The quantitative estimate of drug-likeness (QED) is 0.339. The molecule has 1 heterocycles. The Bertz CT molecular complexity index is 538. The monoisotopic (exact) mass is 457 g/mol. The van der Waals surface area contributed by atoms with Crippen LogP contribution in [-0.2, 0) is 9.59 Å². The van der Waals surface area contributed by atoms with Crippen molar-refractivity contribution >= 4 is 24.8 Å². The van der Waals surface area contributed by atoms with Crippen LogP contribution in [-0.4, -0.2) is 61.6 Å². The molecule has 3 atom stereocenters. The number of amides is 1. The number of likely N-dealkylation sites (tertiary alicyclic amines) is 1. The smallest absolute Gasteiger partial charge is 0.225 e. The van der Waals surface area contributed by atoms with Gasteiger partial charge in [0.1, 0.15) is 6.29 Å². The second-order valence-corrected chi connectivity index (χ2v) is 13.3. The van der Waals surface area contributed by atoms with Gasteiger partial charge in [-0.25, -0.2) is 0 Å². The van der Waals surface area contributed by atoms with Gasteiger partial charge in [0.2, 0.25) is 5.91 Å². The van der Waals surface area contributed by atoms with Crippen LogP contribution >= 0.6 is 12.6 Å². The van der Waals surface area contributed by atoms with Gasteiger partial charge in [-0.05, 0) is 49.7 Å². The van der Waals surface area contributed by atoms with E-state index in [0.29, 0.717) is 25.0 Å². The number of nitrogens with one attached hydrogen (secondary N) is 2. The van der Waals surface area contributed by atoms with Gasteiger partial charge in [0, 0.05) is 30.3 Å². The molecule has 1 saturated heterocycles. The van der Waals surface area contributed by atoms with E-state index in [-0.39, 0.29) is 27.9 Å². The molecule has 0 spiro atoms.